The fourth-order valence-electron chi connectivity index (χ4n) is 1.47. The highest BCUT2D eigenvalue weighted by molar-refractivity contribution is 5.16. The van der Waals surface area contributed by atoms with Gasteiger partial charge in [-0.3, -0.25) is 0 Å². The summed E-state index contributed by atoms with van der Waals surface area (Å²) in [4.78, 5) is 0. The van der Waals surface area contributed by atoms with Crippen molar-refractivity contribution in [2.45, 2.75) is 38.8 Å². The lowest BCUT2D eigenvalue weighted by Gasteiger charge is -2.21. The molecular weight excluding hydrogens is 205 g/mol. The van der Waals surface area contributed by atoms with Crippen LogP contribution in [0.1, 0.15) is 26.3 Å². The van der Waals surface area contributed by atoms with E-state index in [-0.39, 0.29) is 11.9 Å². The van der Waals surface area contributed by atoms with Crippen LogP contribution in [0.4, 0.5) is 4.39 Å². The Morgan fingerprint density at radius 1 is 1.31 bits per heavy atom. The van der Waals surface area contributed by atoms with Crippen molar-refractivity contribution in [1.82, 2.24) is 5.32 Å². The Balaban J connectivity index is 2.39. The van der Waals surface area contributed by atoms with E-state index >= 15 is 0 Å². The van der Waals surface area contributed by atoms with Crippen molar-refractivity contribution >= 4 is 0 Å². The lowest BCUT2D eigenvalue weighted by atomic mass is 10.1. The maximum absolute atomic E-state index is 12.7. The van der Waals surface area contributed by atoms with Crippen molar-refractivity contribution in [1.29, 1.82) is 0 Å². The molecule has 16 heavy (non-hydrogen) atoms. The molecule has 0 radical (unpaired) electrons. The van der Waals surface area contributed by atoms with Crippen molar-refractivity contribution in [3.05, 3.63) is 35.6 Å². The molecule has 0 aliphatic rings. The Morgan fingerprint density at radius 3 is 2.38 bits per heavy atom. The van der Waals surface area contributed by atoms with Crippen LogP contribution < -0.4 is 5.32 Å². The third-order valence-electron chi connectivity index (χ3n) is 2.34. The number of nitrogens with one attached hydrogen (secondary N) is 1. The minimum atomic E-state index is -0.697. The van der Waals surface area contributed by atoms with Gasteiger partial charge < -0.3 is 10.4 Å². The molecule has 0 aromatic heterocycles. The van der Waals surface area contributed by atoms with Gasteiger partial charge in [0.2, 0.25) is 0 Å². The molecule has 0 fully saturated rings. The van der Waals surface area contributed by atoms with Crippen molar-refractivity contribution in [3.8, 4) is 0 Å². The number of halogens is 1. The van der Waals surface area contributed by atoms with Crippen LogP contribution in [-0.2, 0) is 6.42 Å². The van der Waals surface area contributed by atoms with Gasteiger partial charge in [0.1, 0.15) is 5.82 Å². The zero-order valence-corrected chi connectivity index (χ0v) is 10.1. The zero-order valence-electron chi connectivity index (χ0n) is 10.1. The summed E-state index contributed by atoms with van der Waals surface area (Å²) in [6, 6.07) is 6.78. The summed E-state index contributed by atoms with van der Waals surface area (Å²) in [5.74, 6) is -0.208. The molecule has 90 valence electrons. The molecule has 0 aliphatic heterocycles. The van der Waals surface area contributed by atoms with Gasteiger partial charge in [0, 0.05) is 12.6 Å². The molecule has 0 saturated heterocycles. The Morgan fingerprint density at radius 2 is 1.88 bits per heavy atom. The molecule has 1 unspecified atom stereocenters. The van der Waals surface area contributed by atoms with E-state index in [2.05, 4.69) is 12.2 Å². The van der Waals surface area contributed by atoms with Gasteiger partial charge in [-0.15, -0.1) is 0 Å². The van der Waals surface area contributed by atoms with Crippen LogP contribution in [-0.4, -0.2) is 23.3 Å². The van der Waals surface area contributed by atoms with E-state index in [4.69, 9.17) is 0 Å². The van der Waals surface area contributed by atoms with E-state index in [0.717, 1.165) is 12.0 Å². The zero-order chi connectivity index (χ0) is 12.2. The Kier molecular flexibility index (Phi) is 4.44. The van der Waals surface area contributed by atoms with E-state index in [1.807, 2.05) is 0 Å². The average Bonchev–Trinajstić information content (AvgIpc) is 2.18. The summed E-state index contributed by atoms with van der Waals surface area (Å²) < 4.78 is 12.7. The predicted molar refractivity (Wildman–Crippen MR) is 63.9 cm³/mol. The first-order chi connectivity index (χ1) is 7.37. The second-order valence-electron chi connectivity index (χ2n) is 4.92. The lowest BCUT2D eigenvalue weighted by molar-refractivity contribution is 0.0770. The molecule has 1 aromatic carbocycles. The second kappa shape index (κ2) is 5.41. The lowest BCUT2D eigenvalue weighted by Crippen LogP contribution is -2.40. The highest BCUT2D eigenvalue weighted by Crippen LogP contribution is 2.06. The monoisotopic (exact) mass is 225 g/mol. The third-order valence-corrected chi connectivity index (χ3v) is 2.34. The smallest absolute Gasteiger partial charge is 0.123 e. The number of rotatable bonds is 5. The quantitative estimate of drug-likeness (QED) is 0.804. The van der Waals surface area contributed by atoms with E-state index in [9.17, 15) is 9.50 Å². The summed E-state index contributed by atoms with van der Waals surface area (Å²) in [5, 5.41) is 12.8. The van der Waals surface area contributed by atoms with Gasteiger partial charge in [-0.05, 0) is 44.9 Å². The molecule has 1 aromatic rings. The standard InChI is InChI=1S/C13H20FNO/c1-10(15-9-13(2,3)16)8-11-4-6-12(14)7-5-11/h4-7,10,15-16H,8-9H2,1-3H3. The largest absolute Gasteiger partial charge is 0.389 e. The molecule has 0 bridgehead atoms. The van der Waals surface area contributed by atoms with Gasteiger partial charge in [0.25, 0.3) is 0 Å². The van der Waals surface area contributed by atoms with Crippen LogP contribution in [0.5, 0.6) is 0 Å². The summed E-state index contributed by atoms with van der Waals surface area (Å²) in [7, 11) is 0. The molecule has 1 atom stereocenters. The highest BCUT2D eigenvalue weighted by atomic mass is 19.1. The molecule has 1 rings (SSSR count). The molecule has 0 heterocycles. The van der Waals surface area contributed by atoms with E-state index in [1.165, 1.54) is 12.1 Å². The summed E-state index contributed by atoms with van der Waals surface area (Å²) >= 11 is 0. The molecule has 0 amide bonds. The fraction of sp³-hybridized carbons (Fsp3) is 0.538. The Hall–Kier alpha value is -0.930. The van der Waals surface area contributed by atoms with Gasteiger partial charge in [-0.1, -0.05) is 12.1 Å². The first-order valence-corrected chi connectivity index (χ1v) is 5.57. The molecular formula is C13H20FNO. The number of aliphatic hydroxyl groups is 1. The maximum atomic E-state index is 12.7. The molecule has 0 saturated carbocycles. The van der Waals surface area contributed by atoms with Gasteiger partial charge in [0.15, 0.2) is 0 Å². The van der Waals surface area contributed by atoms with Crippen LogP contribution in [0.3, 0.4) is 0 Å². The number of hydrogen-bond acceptors (Lipinski definition) is 2. The second-order valence-corrected chi connectivity index (χ2v) is 4.92. The van der Waals surface area contributed by atoms with E-state index in [1.54, 1.807) is 26.0 Å². The first-order valence-electron chi connectivity index (χ1n) is 5.57. The normalized spacial score (nSPS) is 13.8. The third kappa shape index (κ3) is 5.24. The average molecular weight is 225 g/mol. The fourth-order valence-corrected chi connectivity index (χ4v) is 1.47. The summed E-state index contributed by atoms with van der Waals surface area (Å²) in [5.41, 5.74) is 0.397. The SMILES string of the molecule is CC(Cc1ccc(F)cc1)NCC(C)(C)O. The Labute approximate surface area is 96.5 Å². The van der Waals surface area contributed by atoms with Crippen molar-refractivity contribution in [2.75, 3.05) is 6.54 Å². The maximum Gasteiger partial charge on any atom is 0.123 e. The van der Waals surface area contributed by atoms with Gasteiger partial charge in [0.05, 0.1) is 5.60 Å². The predicted octanol–water partition coefficient (Wildman–Crippen LogP) is 2.12. The van der Waals surface area contributed by atoms with Gasteiger partial charge in [-0.25, -0.2) is 4.39 Å². The van der Waals surface area contributed by atoms with Crippen LogP contribution in [0, 0.1) is 5.82 Å². The number of hydrogen-bond donors (Lipinski definition) is 2. The van der Waals surface area contributed by atoms with Crippen LogP contribution in [0.25, 0.3) is 0 Å². The Bertz CT molecular complexity index is 316. The minimum Gasteiger partial charge on any atom is -0.389 e. The molecule has 3 heteroatoms. The van der Waals surface area contributed by atoms with Crippen molar-refractivity contribution < 1.29 is 9.50 Å². The summed E-state index contributed by atoms with van der Waals surface area (Å²) in [6.07, 6.45) is 0.830. The highest BCUT2D eigenvalue weighted by Gasteiger charge is 2.13. The van der Waals surface area contributed by atoms with E-state index < -0.39 is 5.60 Å². The van der Waals surface area contributed by atoms with Crippen molar-refractivity contribution in [2.24, 2.45) is 0 Å². The molecule has 0 aliphatic carbocycles. The summed E-state index contributed by atoms with van der Waals surface area (Å²) in [6.45, 7) is 6.14. The topological polar surface area (TPSA) is 32.3 Å². The first kappa shape index (κ1) is 13.1. The minimum absolute atomic E-state index is 0.208. The van der Waals surface area contributed by atoms with Crippen LogP contribution in [0.15, 0.2) is 24.3 Å². The molecule has 2 nitrogen and oxygen atoms in total. The van der Waals surface area contributed by atoms with Gasteiger partial charge >= 0.3 is 0 Å². The number of benzene rings is 1. The van der Waals surface area contributed by atoms with Gasteiger partial charge in [-0.2, -0.15) is 0 Å². The van der Waals surface area contributed by atoms with Crippen LogP contribution >= 0.6 is 0 Å². The van der Waals surface area contributed by atoms with Crippen molar-refractivity contribution in [3.63, 3.8) is 0 Å². The molecule has 0 spiro atoms. The molecule has 2 N–H and O–H groups in total. The van der Waals surface area contributed by atoms with Crippen LogP contribution in [0.2, 0.25) is 0 Å². The van der Waals surface area contributed by atoms with E-state index in [0.29, 0.717) is 6.54 Å².